The quantitative estimate of drug-likeness (QED) is 0.944. The lowest BCUT2D eigenvalue weighted by atomic mass is 10.1. The van der Waals surface area contributed by atoms with E-state index in [1.54, 1.807) is 12.1 Å². The Morgan fingerprint density at radius 2 is 2.00 bits per heavy atom. The maximum absolute atomic E-state index is 12.1. The number of hydrogen-bond acceptors (Lipinski definition) is 4. The molecular formula is C15H17NO3S. The Morgan fingerprint density at radius 3 is 2.70 bits per heavy atom. The Kier molecular flexibility index (Phi) is 3.18. The maximum atomic E-state index is 12.1. The van der Waals surface area contributed by atoms with Gasteiger partial charge in [-0.25, -0.2) is 8.42 Å². The highest BCUT2D eigenvalue weighted by molar-refractivity contribution is 7.91. The number of aryl methyl sites for hydroxylation is 1. The van der Waals surface area contributed by atoms with Crippen molar-refractivity contribution in [3.8, 4) is 0 Å². The molecule has 0 saturated heterocycles. The van der Waals surface area contributed by atoms with Crippen molar-refractivity contribution >= 4 is 9.84 Å². The van der Waals surface area contributed by atoms with Crippen LogP contribution >= 0.6 is 0 Å². The van der Waals surface area contributed by atoms with Crippen molar-refractivity contribution in [2.24, 2.45) is 0 Å². The van der Waals surface area contributed by atoms with Gasteiger partial charge in [0.2, 0.25) is 0 Å². The molecule has 2 heterocycles. The third-order valence-electron chi connectivity index (χ3n) is 3.65. The summed E-state index contributed by atoms with van der Waals surface area (Å²) < 4.78 is 29.8. The largest absolute Gasteiger partial charge is 0.465 e. The fraction of sp³-hybridized carbons (Fsp3) is 0.333. The van der Waals surface area contributed by atoms with Gasteiger partial charge in [0.25, 0.3) is 0 Å². The highest BCUT2D eigenvalue weighted by Crippen LogP contribution is 2.34. The summed E-state index contributed by atoms with van der Waals surface area (Å²) in [4.78, 5) is 0.445. The van der Waals surface area contributed by atoms with Gasteiger partial charge in [-0.3, -0.25) is 5.32 Å². The molecule has 0 bridgehead atoms. The van der Waals surface area contributed by atoms with Crippen LogP contribution in [-0.2, 0) is 9.84 Å². The van der Waals surface area contributed by atoms with E-state index in [9.17, 15) is 8.42 Å². The normalized spacial score (nSPS) is 21.6. The minimum Gasteiger partial charge on any atom is -0.465 e. The monoisotopic (exact) mass is 291 g/mol. The molecule has 0 radical (unpaired) electrons. The van der Waals surface area contributed by atoms with Crippen molar-refractivity contribution in [1.29, 1.82) is 0 Å². The van der Waals surface area contributed by atoms with Crippen LogP contribution in [0.15, 0.2) is 45.7 Å². The first-order valence-electron chi connectivity index (χ1n) is 6.61. The number of benzene rings is 1. The van der Waals surface area contributed by atoms with Crippen LogP contribution < -0.4 is 5.32 Å². The van der Waals surface area contributed by atoms with Gasteiger partial charge in [-0.15, -0.1) is 0 Å². The van der Waals surface area contributed by atoms with Crippen molar-refractivity contribution in [2.45, 2.75) is 30.8 Å². The van der Waals surface area contributed by atoms with Crippen molar-refractivity contribution in [1.82, 2.24) is 5.32 Å². The van der Waals surface area contributed by atoms with Gasteiger partial charge in [-0.1, -0.05) is 18.2 Å². The molecular weight excluding hydrogens is 274 g/mol. The van der Waals surface area contributed by atoms with E-state index >= 15 is 0 Å². The van der Waals surface area contributed by atoms with Crippen molar-refractivity contribution in [3.05, 3.63) is 53.5 Å². The SMILES string of the molecule is Cc1ccc(C(C)NC2CS(=O)(=O)c3ccccc32)o1. The number of rotatable bonds is 3. The first-order valence-corrected chi connectivity index (χ1v) is 8.26. The van der Waals surface area contributed by atoms with Gasteiger partial charge in [0, 0.05) is 6.04 Å². The third-order valence-corrected chi connectivity index (χ3v) is 5.47. The molecule has 2 atom stereocenters. The van der Waals surface area contributed by atoms with Gasteiger partial charge in [0.15, 0.2) is 9.84 Å². The van der Waals surface area contributed by atoms with Crippen molar-refractivity contribution < 1.29 is 12.8 Å². The molecule has 1 aliphatic heterocycles. The summed E-state index contributed by atoms with van der Waals surface area (Å²) >= 11 is 0. The number of sulfone groups is 1. The molecule has 5 heteroatoms. The summed E-state index contributed by atoms with van der Waals surface area (Å²) in [6, 6.07) is 10.8. The van der Waals surface area contributed by atoms with Crippen LogP contribution in [0.1, 0.15) is 36.1 Å². The smallest absolute Gasteiger partial charge is 0.180 e. The standard InChI is InChI=1S/C15H17NO3S/c1-10-7-8-14(19-10)11(2)16-13-9-20(17,18)15-6-4-3-5-12(13)15/h3-8,11,13,16H,9H2,1-2H3. The molecule has 2 unspecified atom stereocenters. The van der Waals surface area contributed by atoms with Gasteiger partial charge < -0.3 is 4.42 Å². The van der Waals surface area contributed by atoms with Gasteiger partial charge in [0.05, 0.1) is 16.7 Å². The van der Waals surface area contributed by atoms with E-state index in [-0.39, 0.29) is 17.8 Å². The van der Waals surface area contributed by atoms with E-state index in [0.29, 0.717) is 4.90 Å². The second-order valence-electron chi connectivity index (χ2n) is 5.21. The minimum absolute atomic E-state index is 0.0324. The van der Waals surface area contributed by atoms with E-state index < -0.39 is 9.84 Å². The van der Waals surface area contributed by atoms with Gasteiger partial charge in [-0.05, 0) is 37.6 Å². The minimum atomic E-state index is -3.17. The van der Waals surface area contributed by atoms with Crippen LogP contribution in [-0.4, -0.2) is 14.2 Å². The first-order chi connectivity index (χ1) is 9.47. The molecule has 4 nitrogen and oxygen atoms in total. The zero-order valence-electron chi connectivity index (χ0n) is 11.5. The summed E-state index contributed by atoms with van der Waals surface area (Å²) in [7, 11) is -3.17. The zero-order chi connectivity index (χ0) is 14.3. The number of nitrogens with one attached hydrogen (secondary N) is 1. The fourth-order valence-corrected chi connectivity index (χ4v) is 4.41. The van der Waals surface area contributed by atoms with E-state index in [1.165, 1.54) is 0 Å². The van der Waals surface area contributed by atoms with Crippen LogP contribution in [0, 0.1) is 6.92 Å². The molecule has 1 aromatic heterocycles. The highest BCUT2D eigenvalue weighted by Gasteiger charge is 2.35. The van der Waals surface area contributed by atoms with Gasteiger partial charge in [-0.2, -0.15) is 0 Å². The second-order valence-corrected chi connectivity index (χ2v) is 7.21. The molecule has 1 aromatic carbocycles. The predicted molar refractivity (Wildman–Crippen MR) is 76.2 cm³/mol. The molecule has 0 saturated carbocycles. The number of fused-ring (bicyclic) bond motifs is 1. The second kappa shape index (κ2) is 4.75. The van der Waals surface area contributed by atoms with Crippen LogP contribution in [0.3, 0.4) is 0 Å². The fourth-order valence-electron chi connectivity index (χ4n) is 2.66. The average Bonchev–Trinajstić information content (AvgIpc) is 2.93. The topological polar surface area (TPSA) is 59.3 Å². The molecule has 20 heavy (non-hydrogen) atoms. The summed E-state index contributed by atoms with van der Waals surface area (Å²) in [6.07, 6.45) is 0. The molecule has 2 aromatic rings. The predicted octanol–water partition coefficient (Wildman–Crippen LogP) is 2.77. The van der Waals surface area contributed by atoms with Crippen molar-refractivity contribution in [2.75, 3.05) is 5.75 Å². The molecule has 0 spiro atoms. The van der Waals surface area contributed by atoms with Crippen LogP contribution in [0.25, 0.3) is 0 Å². The summed E-state index contributed by atoms with van der Waals surface area (Å²) in [5, 5.41) is 3.35. The molecule has 0 amide bonds. The van der Waals surface area contributed by atoms with Crippen molar-refractivity contribution in [3.63, 3.8) is 0 Å². The van der Waals surface area contributed by atoms with E-state index in [1.807, 2.05) is 38.1 Å². The Morgan fingerprint density at radius 1 is 1.25 bits per heavy atom. The number of furan rings is 1. The van der Waals surface area contributed by atoms with Crippen LogP contribution in [0.5, 0.6) is 0 Å². The van der Waals surface area contributed by atoms with E-state index in [4.69, 9.17) is 4.42 Å². The average molecular weight is 291 g/mol. The molecule has 0 fully saturated rings. The van der Waals surface area contributed by atoms with E-state index in [2.05, 4.69) is 5.32 Å². The molecule has 3 rings (SSSR count). The third kappa shape index (κ3) is 2.27. The Balaban J connectivity index is 1.86. The molecule has 106 valence electrons. The first kappa shape index (κ1) is 13.4. The summed E-state index contributed by atoms with van der Waals surface area (Å²) in [5.74, 6) is 1.79. The lowest BCUT2D eigenvalue weighted by Gasteiger charge is -2.17. The van der Waals surface area contributed by atoms with Gasteiger partial charge in [0.1, 0.15) is 11.5 Å². The molecule has 1 aliphatic rings. The summed E-state index contributed by atoms with van der Waals surface area (Å²) in [5.41, 5.74) is 0.850. The Hall–Kier alpha value is -1.59. The highest BCUT2D eigenvalue weighted by atomic mass is 32.2. The lowest BCUT2D eigenvalue weighted by molar-refractivity contribution is 0.394. The lowest BCUT2D eigenvalue weighted by Crippen LogP contribution is -2.25. The Labute approximate surface area is 118 Å². The van der Waals surface area contributed by atoms with Crippen LogP contribution in [0.2, 0.25) is 0 Å². The van der Waals surface area contributed by atoms with Crippen LogP contribution in [0.4, 0.5) is 0 Å². The van der Waals surface area contributed by atoms with Gasteiger partial charge >= 0.3 is 0 Å². The molecule has 0 aliphatic carbocycles. The molecule has 1 N–H and O–H groups in total. The Bertz CT molecular complexity index is 733. The maximum Gasteiger partial charge on any atom is 0.180 e. The number of hydrogen-bond donors (Lipinski definition) is 1. The summed E-state index contributed by atoms with van der Waals surface area (Å²) in [6.45, 7) is 3.87. The van der Waals surface area contributed by atoms with E-state index in [0.717, 1.165) is 17.1 Å². The zero-order valence-corrected chi connectivity index (χ0v) is 12.3.